The molecule has 0 aromatic heterocycles. The van der Waals surface area contributed by atoms with E-state index >= 15 is 0 Å². The highest BCUT2D eigenvalue weighted by molar-refractivity contribution is 5.07. The summed E-state index contributed by atoms with van der Waals surface area (Å²) in [6, 6.07) is 0. The highest BCUT2D eigenvalue weighted by Crippen LogP contribution is 2.50. The molecule has 3 rings (SSSR count). The van der Waals surface area contributed by atoms with Gasteiger partial charge in [0, 0.05) is 12.8 Å². The minimum Gasteiger partial charge on any atom is -0.344 e. The maximum Gasteiger partial charge on any atom is 0.169 e. The van der Waals surface area contributed by atoms with Gasteiger partial charge in [0.15, 0.2) is 5.79 Å². The Morgan fingerprint density at radius 2 is 1.56 bits per heavy atom. The molecule has 2 nitrogen and oxygen atoms in total. The summed E-state index contributed by atoms with van der Waals surface area (Å²) in [7, 11) is 0. The molecular formula is C14H22O2. The highest BCUT2D eigenvalue weighted by Gasteiger charge is 2.50. The number of ether oxygens (including phenoxy) is 2. The van der Waals surface area contributed by atoms with Gasteiger partial charge in [-0.15, -0.1) is 0 Å². The fraction of sp³-hybridized carbons (Fsp3) is 0.857. The molecule has 2 heteroatoms. The highest BCUT2D eigenvalue weighted by atomic mass is 16.8. The molecule has 0 aromatic carbocycles. The minimum atomic E-state index is -0.243. The average Bonchev–Trinajstić information content (AvgIpc) is 2.38. The van der Waals surface area contributed by atoms with E-state index in [1.165, 1.54) is 24.8 Å². The second-order valence-electron chi connectivity index (χ2n) is 6.09. The Kier molecular flexibility index (Phi) is 2.41. The van der Waals surface area contributed by atoms with Gasteiger partial charge in [0.2, 0.25) is 0 Å². The fourth-order valence-electron chi connectivity index (χ4n) is 3.90. The van der Waals surface area contributed by atoms with Crippen LogP contribution in [0.2, 0.25) is 0 Å². The van der Waals surface area contributed by atoms with Gasteiger partial charge in [-0.1, -0.05) is 12.2 Å². The van der Waals surface area contributed by atoms with Crippen molar-refractivity contribution in [3.8, 4) is 0 Å². The first-order valence-corrected chi connectivity index (χ1v) is 6.58. The summed E-state index contributed by atoms with van der Waals surface area (Å²) in [6.07, 6.45) is 6.40. The van der Waals surface area contributed by atoms with Crippen LogP contribution in [0.3, 0.4) is 0 Å². The van der Waals surface area contributed by atoms with E-state index < -0.39 is 0 Å². The molecule has 4 unspecified atom stereocenters. The molecular weight excluding hydrogens is 200 g/mol. The molecule has 1 heterocycles. The van der Waals surface area contributed by atoms with Crippen LogP contribution in [0.15, 0.2) is 12.2 Å². The van der Waals surface area contributed by atoms with Crippen LogP contribution in [-0.4, -0.2) is 18.0 Å². The Morgan fingerprint density at radius 3 is 2.06 bits per heavy atom. The van der Waals surface area contributed by atoms with E-state index in [0.717, 1.165) is 24.7 Å². The number of allylic oxidation sites excluding steroid dienone is 1. The summed E-state index contributed by atoms with van der Waals surface area (Å²) >= 11 is 0. The van der Waals surface area contributed by atoms with E-state index in [1.807, 2.05) is 0 Å². The third-order valence-corrected chi connectivity index (χ3v) is 4.48. The smallest absolute Gasteiger partial charge is 0.169 e. The van der Waals surface area contributed by atoms with E-state index in [0.29, 0.717) is 0 Å². The van der Waals surface area contributed by atoms with Crippen LogP contribution in [-0.2, 0) is 9.47 Å². The van der Waals surface area contributed by atoms with E-state index in [-0.39, 0.29) is 18.0 Å². The zero-order chi connectivity index (χ0) is 11.3. The van der Waals surface area contributed by atoms with Gasteiger partial charge < -0.3 is 9.47 Å². The van der Waals surface area contributed by atoms with Gasteiger partial charge in [-0.3, -0.25) is 0 Å². The zero-order valence-electron chi connectivity index (χ0n) is 10.4. The quantitative estimate of drug-likeness (QED) is 0.586. The Labute approximate surface area is 98.0 Å². The van der Waals surface area contributed by atoms with Crippen molar-refractivity contribution in [3.05, 3.63) is 12.2 Å². The standard InChI is InChI=1S/C14H22O2/c1-9-4-12-6-13(5-9)8-14(7-12)15-10(2)11(3)16-14/h10-13H,1,4-8H2,2-3H3. The Hall–Kier alpha value is -0.340. The second-order valence-corrected chi connectivity index (χ2v) is 6.09. The molecule has 2 bridgehead atoms. The second kappa shape index (κ2) is 3.58. The van der Waals surface area contributed by atoms with Crippen molar-refractivity contribution >= 4 is 0 Å². The van der Waals surface area contributed by atoms with Crippen molar-refractivity contribution in [1.82, 2.24) is 0 Å². The average molecular weight is 222 g/mol. The van der Waals surface area contributed by atoms with Crippen molar-refractivity contribution in [3.63, 3.8) is 0 Å². The largest absolute Gasteiger partial charge is 0.344 e. The molecule has 0 N–H and O–H groups in total. The van der Waals surface area contributed by atoms with Crippen LogP contribution in [0.5, 0.6) is 0 Å². The first kappa shape index (κ1) is 10.8. The van der Waals surface area contributed by atoms with Gasteiger partial charge in [-0.25, -0.2) is 0 Å². The predicted molar refractivity (Wildman–Crippen MR) is 63.0 cm³/mol. The summed E-state index contributed by atoms with van der Waals surface area (Å²) in [6.45, 7) is 8.42. The van der Waals surface area contributed by atoms with Gasteiger partial charge >= 0.3 is 0 Å². The van der Waals surface area contributed by atoms with Crippen molar-refractivity contribution in [2.75, 3.05) is 0 Å². The van der Waals surface area contributed by atoms with Gasteiger partial charge in [0.1, 0.15) is 0 Å². The lowest BCUT2D eigenvalue weighted by Crippen LogP contribution is -2.42. The van der Waals surface area contributed by atoms with Crippen LogP contribution in [0.4, 0.5) is 0 Å². The van der Waals surface area contributed by atoms with E-state index in [9.17, 15) is 0 Å². The third kappa shape index (κ3) is 1.72. The summed E-state index contributed by atoms with van der Waals surface area (Å²) < 4.78 is 12.2. The number of hydrogen-bond donors (Lipinski definition) is 0. The molecule has 2 aliphatic carbocycles. The lowest BCUT2D eigenvalue weighted by Gasteiger charge is -2.44. The Bertz CT molecular complexity index is 282. The third-order valence-electron chi connectivity index (χ3n) is 4.48. The molecule has 16 heavy (non-hydrogen) atoms. The molecule has 3 fully saturated rings. The summed E-state index contributed by atoms with van der Waals surface area (Å²) in [4.78, 5) is 0. The number of hydrogen-bond acceptors (Lipinski definition) is 2. The summed E-state index contributed by atoms with van der Waals surface area (Å²) in [5.41, 5.74) is 1.44. The predicted octanol–water partition coefficient (Wildman–Crippen LogP) is 3.27. The van der Waals surface area contributed by atoms with Crippen molar-refractivity contribution in [2.24, 2.45) is 11.8 Å². The fourth-order valence-corrected chi connectivity index (χ4v) is 3.90. The zero-order valence-corrected chi connectivity index (χ0v) is 10.4. The minimum absolute atomic E-state index is 0.243. The van der Waals surface area contributed by atoms with E-state index in [2.05, 4.69) is 20.4 Å². The maximum absolute atomic E-state index is 6.12. The lowest BCUT2D eigenvalue weighted by atomic mass is 9.68. The van der Waals surface area contributed by atoms with Crippen molar-refractivity contribution in [2.45, 2.75) is 63.9 Å². The lowest BCUT2D eigenvalue weighted by molar-refractivity contribution is -0.213. The topological polar surface area (TPSA) is 18.5 Å². The monoisotopic (exact) mass is 222 g/mol. The van der Waals surface area contributed by atoms with E-state index in [4.69, 9.17) is 9.47 Å². The molecule has 2 saturated carbocycles. The van der Waals surface area contributed by atoms with Gasteiger partial charge in [-0.2, -0.15) is 0 Å². The van der Waals surface area contributed by atoms with Crippen LogP contribution >= 0.6 is 0 Å². The summed E-state index contributed by atoms with van der Waals surface area (Å²) in [5, 5.41) is 0. The molecule has 1 aliphatic heterocycles. The van der Waals surface area contributed by atoms with Crippen molar-refractivity contribution in [1.29, 1.82) is 0 Å². The van der Waals surface area contributed by atoms with Crippen molar-refractivity contribution < 1.29 is 9.47 Å². The summed E-state index contributed by atoms with van der Waals surface area (Å²) in [5.74, 6) is 1.25. The molecule has 1 spiro atoms. The van der Waals surface area contributed by atoms with Gasteiger partial charge in [-0.05, 0) is 44.9 Å². The molecule has 0 radical (unpaired) electrons. The number of rotatable bonds is 0. The first-order valence-electron chi connectivity index (χ1n) is 6.58. The normalized spacial score (nSPS) is 52.2. The van der Waals surface area contributed by atoms with Gasteiger partial charge in [0.25, 0.3) is 0 Å². The SMILES string of the molecule is C=C1CC2CC(C1)CC1(C2)OC(C)C(C)O1. The maximum atomic E-state index is 6.12. The molecule has 0 amide bonds. The van der Waals surface area contributed by atoms with Gasteiger partial charge in [0.05, 0.1) is 12.2 Å². The molecule has 1 saturated heterocycles. The molecule has 90 valence electrons. The number of fused-ring (bicyclic) bond motifs is 2. The first-order chi connectivity index (χ1) is 7.56. The molecule has 0 aromatic rings. The van der Waals surface area contributed by atoms with Crippen LogP contribution in [0, 0.1) is 11.8 Å². The van der Waals surface area contributed by atoms with Crippen LogP contribution in [0.25, 0.3) is 0 Å². The van der Waals surface area contributed by atoms with Crippen LogP contribution in [0.1, 0.15) is 46.0 Å². The van der Waals surface area contributed by atoms with Crippen LogP contribution < -0.4 is 0 Å². The molecule has 3 aliphatic rings. The van der Waals surface area contributed by atoms with E-state index in [1.54, 1.807) is 0 Å². The Morgan fingerprint density at radius 1 is 1.06 bits per heavy atom. The Balaban J connectivity index is 1.78. The molecule has 4 atom stereocenters.